The van der Waals surface area contributed by atoms with Crippen LogP contribution >= 0.6 is 11.6 Å². The molecule has 0 unspecified atom stereocenters. The third kappa shape index (κ3) is 2.91. The van der Waals surface area contributed by atoms with Crippen molar-refractivity contribution >= 4 is 23.5 Å². The molecule has 0 spiro atoms. The van der Waals surface area contributed by atoms with Crippen molar-refractivity contribution in [1.29, 1.82) is 5.41 Å². The van der Waals surface area contributed by atoms with Crippen LogP contribution in [0.25, 0.3) is 11.6 Å². The highest BCUT2D eigenvalue weighted by Crippen LogP contribution is 2.11. The number of aromatic nitrogens is 2. The molecule has 108 valence electrons. The first-order chi connectivity index (χ1) is 10.1. The van der Waals surface area contributed by atoms with E-state index in [1.165, 1.54) is 10.8 Å². The molecule has 1 aromatic heterocycles. The van der Waals surface area contributed by atoms with E-state index in [0.29, 0.717) is 10.7 Å². The van der Waals surface area contributed by atoms with E-state index < -0.39 is 5.95 Å². The van der Waals surface area contributed by atoms with Gasteiger partial charge in [-0.15, -0.1) is 0 Å². The summed E-state index contributed by atoms with van der Waals surface area (Å²) in [4.78, 5) is 11.0. The smallest absolute Gasteiger partial charge is 0.291 e. The lowest BCUT2D eigenvalue weighted by Gasteiger charge is -2.02. The summed E-state index contributed by atoms with van der Waals surface area (Å²) in [6.07, 6.45) is 1.43. The van der Waals surface area contributed by atoms with Crippen molar-refractivity contribution in [3.05, 3.63) is 58.0 Å². The third-order valence-electron chi connectivity index (χ3n) is 2.65. The highest BCUT2D eigenvalue weighted by atomic mass is 35.5. The van der Waals surface area contributed by atoms with Gasteiger partial charge < -0.3 is 9.84 Å². The van der Waals surface area contributed by atoms with Crippen LogP contribution in [0, 0.1) is 5.41 Å². The maximum Gasteiger partial charge on any atom is 0.291 e. The van der Waals surface area contributed by atoms with Gasteiger partial charge in [-0.2, -0.15) is 0 Å². The molecule has 0 aliphatic heterocycles. The number of H-pyrrole nitrogens is 1. The van der Waals surface area contributed by atoms with Crippen molar-refractivity contribution in [2.75, 3.05) is 6.61 Å². The Morgan fingerprint density at radius 1 is 1.62 bits per heavy atom. The van der Waals surface area contributed by atoms with E-state index in [2.05, 4.69) is 11.7 Å². The minimum atomic E-state index is -0.546. The second-order valence-corrected chi connectivity index (χ2v) is 4.47. The Hall–Kier alpha value is -2.69. The van der Waals surface area contributed by atoms with Crippen LogP contribution in [0.4, 0.5) is 0 Å². The SMILES string of the molecule is C=CCOC(O)=c1c(=C=O)[nH]n(-c2cccc(Cl)c2)c1=N. The van der Waals surface area contributed by atoms with Crippen LogP contribution < -0.4 is 16.1 Å². The average molecular weight is 306 g/mol. The van der Waals surface area contributed by atoms with Crippen LogP contribution in [0.15, 0.2) is 36.9 Å². The zero-order valence-corrected chi connectivity index (χ0v) is 11.6. The topological polar surface area (TPSA) is 91.1 Å². The van der Waals surface area contributed by atoms with Crippen LogP contribution in [0.1, 0.15) is 0 Å². The number of aliphatic hydroxyl groups is 1. The number of aromatic amines is 1. The monoisotopic (exact) mass is 305 g/mol. The maximum absolute atomic E-state index is 11.0. The van der Waals surface area contributed by atoms with Gasteiger partial charge in [0.05, 0.1) is 5.69 Å². The first-order valence-electron chi connectivity index (χ1n) is 5.92. The molecule has 0 bridgehead atoms. The van der Waals surface area contributed by atoms with Crippen LogP contribution in [0.3, 0.4) is 0 Å². The minimum absolute atomic E-state index is 0.0475. The van der Waals surface area contributed by atoms with Gasteiger partial charge in [-0.3, -0.25) is 10.5 Å². The van der Waals surface area contributed by atoms with E-state index in [-0.39, 0.29) is 22.7 Å². The van der Waals surface area contributed by atoms with Crippen molar-refractivity contribution in [2.24, 2.45) is 0 Å². The van der Waals surface area contributed by atoms with E-state index in [9.17, 15) is 9.90 Å². The van der Waals surface area contributed by atoms with Gasteiger partial charge in [0.25, 0.3) is 5.95 Å². The van der Waals surface area contributed by atoms with Crippen LogP contribution in [0.2, 0.25) is 5.02 Å². The molecule has 0 aliphatic rings. The summed E-state index contributed by atoms with van der Waals surface area (Å²) in [6, 6.07) is 6.69. The van der Waals surface area contributed by atoms with Crippen molar-refractivity contribution < 1.29 is 14.6 Å². The Morgan fingerprint density at radius 3 is 3.00 bits per heavy atom. The lowest BCUT2D eigenvalue weighted by Crippen LogP contribution is -2.38. The fourth-order valence-corrected chi connectivity index (χ4v) is 1.94. The van der Waals surface area contributed by atoms with Gasteiger partial charge in [0.1, 0.15) is 11.8 Å². The normalized spacial score (nSPS) is 11.7. The predicted molar refractivity (Wildman–Crippen MR) is 77.2 cm³/mol. The Labute approximate surface area is 124 Å². The van der Waals surface area contributed by atoms with Gasteiger partial charge in [-0.1, -0.05) is 30.3 Å². The first-order valence-corrected chi connectivity index (χ1v) is 6.30. The van der Waals surface area contributed by atoms with Gasteiger partial charge in [0, 0.05) is 5.02 Å². The minimum Gasteiger partial charge on any atom is -0.480 e. The van der Waals surface area contributed by atoms with Crippen LogP contribution in [-0.4, -0.2) is 27.4 Å². The lowest BCUT2D eigenvalue weighted by atomic mass is 10.3. The van der Waals surface area contributed by atoms with Gasteiger partial charge in [-0.05, 0) is 18.2 Å². The number of hydrogen-bond donors (Lipinski definition) is 3. The number of ether oxygens (including phenoxy) is 1. The molecule has 0 saturated carbocycles. The van der Waals surface area contributed by atoms with E-state index in [1.807, 2.05) is 0 Å². The zero-order chi connectivity index (χ0) is 15.4. The number of nitrogens with one attached hydrogen (secondary N) is 2. The van der Waals surface area contributed by atoms with Crippen LogP contribution in [0.5, 0.6) is 0 Å². The summed E-state index contributed by atoms with van der Waals surface area (Å²) in [7, 11) is 0. The number of hydrogen-bond acceptors (Lipinski definition) is 4. The summed E-state index contributed by atoms with van der Waals surface area (Å²) in [5, 5.41) is 20.9. The van der Waals surface area contributed by atoms with E-state index in [4.69, 9.17) is 21.7 Å². The second kappa shape index (κ2) is 6.17. The largest absolute Gasteiger partial charge is 0.480 e. The standard InChI is InChI=1S/C14H12ClN3O3/c1-2-6-21-14(20)12-11(8-19)17-18(13(12)16)10-5-3-4-9(15)7-10/h2-5,7,16-17,20H,1,6H2. The van der Waals surface area contributed by atoms with Gasteiger partial charge in [-0.25, -0.2) is 9.48 Å². The molecule has 0 aliphatic carbocycles. The molecule has 0 fully saturated rings. The van der Waals surface area contributed by atoms with Gasteiger partial charge in [0.2, 0.25) is 0 Å². The Balaban J connectivity index is 2.74. The molecular formula is C14H12ClN3O3. The molecule has 2 rings (SSSR count). The number of carbonyl (C=O) groups excluding carboxylic acids is 1. The number of aliphatic hydroxyl groups excluding tert-OH is 1. The highest BCUT2D eigenvalue weighted by molar-refractivity contribution is 6.30. The molecule has 21 heavy (non-hydrogen) atoms. The van der Waals surface area contributed by atoms with Crippen molar-refractivity contribution in [2.45, 2.75) is 0 Å². The fraction of sp³-hybridized carbons (Fsp3) is 0.0714. The number of nitrogens with zero attached hydrogens (tertiary/aromatic N) is 1. The molecule has 0 saturated heterocycles. The van der Waals surface area contributed by atoms with E-state index in [0.717, 1.165) is 0 Å². The third-order valence-corrected chi connectivity index (χ3v) is 2.89. The van der Waals surface area contributed by atoms with Gasteiger partial charge >= 0.3 is 0 Å². The lowest BCUT2D eigenvalue weighted by molar-refractivity contribution is 0.202. The molecule has 3 N–H and O–H groups in total. The Kier molecular flexibility index (Phi) is 4.33. The molecule has 0 radical (unpaired) electrons. The molecular weight excluding hydrogens is 294 g/mol. The average Bonchev–Trinajstić information content (AvgIpc) is 2.81. The molecule has 7 heteroatoms. The maximum atomic E-state index is 11.0. The molecule has 6 nitrogen and oxygen atoms in total. The van der Waals surface area contributed by atoms with Crippen molar-refractivity contribution in [3.8, 4) is 5.69 Å². The fourth-order valence-electron chi connectivity index (χ4n) is 1.75. The number of benzene rings is 1. The Bertz CT molecular complexity index is 876. The molecule has 1 heterocycles. The summed E-state index contributed by atoms with van der Waals surface area (Å²) in [5.41, 5.74) is 0.379. The first kappa shape index (κ1) is 14.7. The summed E-state index contributed by atoms with van der Waals surface area (Å²) < 4.78 is 6.26. The van der Waals surface area contributed by atoms with Crippen molar-refractivity contribution in [1.82, 2.24) is 9.78 Å². The van der Waals surface area contributed by atoms with Gasteiger partial charge in [0.15, 0.2) is 16.8 Å². The predicted octanol–water partition coefficient (Wildman–Crippen LogP) is 0.268. The summed E-state index contributed by atoms with van der Waals surface area (Å²) in [5.74, 6) is 1.09. The Morgan fingerprint density at radius 2 is 2.38 bits per heavy atom. The van der Waals surface area contributed by atoms with Crippen LogP contribution in [-0.2, 0) is 9.53 Å². The quantitative estimate of drug-likeness (QED) is 0.708. The number of halogens is 1. The number of rotatable bonds is 4. The highest BCUT2D eigenvalue weighted by Gasteiger charge is 2.09. The summed E-state index contributed by atoms with van der Waals surface area (Å²) >= 11 is 5.90. The second-order valence-electron chi connectivity index (χ2n) is 4.03. The van der Waals surface area contributed by atoms with Crippen molar-refractivity contribution in [3.63, 3.8) is 0 Å². The molecule has 1 aromatic carbocycles. The van der Waals surface area contributed by atoms with E-state index >= 15 is 0 Å². The molecule has 2 aromatic rings. The van der Waals surface area contributed by atoms with E-state index in [1.54, 1.807) is 30.2 Å². The zero-order valence-electron chi connectivity index (χ0n) is 10.9. The molecule has 0 amide bonds. The summed E-state index contributed by atoms with van der Waals surface area (Å²) in [6.45, 7) is 3.50. The molecule has 0 atom stereocenters.